The Kier molecular flexibility index (Phi) is 5.99. The van der Waals surface area contributed by atoms with Crippen molar-refractivity contribution in [2.24, 2.45) is 5.92 Å². The van der Waals surface area contributed by atoms with Crippen LogP contribution in [0.2, 0.25) is 0 Å². The van der Waals surface area contributed by atoms with Gasteiger partial charge in [-0.15, -0.1) is 11.3 Å². The molecule has 1 aliphatic heterocycles. The molecule has 2 N–H and O–H groups in total. The van der Waals surface area contributed by atoms with Gasteiger partial charge in [0.25, 0.3) is 0 Å². The summed E-state index contributed by atoms with van der Waals surface area (Å²) in [5.74, 6) is 0.612. The predicted octanol–water partition coefficient (Wildman–Crippen LogP) is 1.86. The van der Waals surface area contributed by atoms with Gasteiger partial charge in [0.1, 0.15) is 0 Å². The number of thiazole rings is 1. The molecule has 0 bridgehead atoms. The van der Waals surface area contributed by atoms with Gasteiger partial charge in [-0.05, 0) is 25.2 Å². The van der Waals surface area contributed by atoms with Gasteiger partial charge in [0, 0.05) is 37.8 Å². The monoisotopic (exact) mass is 310 g/mol. The molecule has 0 aromatic carbocycles. The van der Waals surface area contributed by atoms with Gasteiger partial charge in [0.05, 0.1) is 6.04 Å². The van der Waals surface area contributed by atoms with Crippen LogP contribution in [-0.4, -0.2) is 43.1 Å². The molecular weight excluding hydrogens is 284 g/mol. The van der Waals surface area contributed by atoms with Crippen molar-refractivity contribution in [3.63, 3.8) is 0 Å². The first-order valence-corrected chi connectivity index (χ1v) is 8.60. The van der Waals surface area contributed by atoms with E-state index < -0.39 is 0 Å². The fraction of sp³-hybridized carbons (Fsp3) is 0.733. The number of rotatable bonds is 6. The molecule has 1 atom stereocenters. The standard InChI is InChI=1S/C15H26N4OS/c1-11(2)10-13(14(20)16-3)18-12-4-7-19(8-5-12)15-17-6-9-21-15/h6,9,11-13,18H,4-5,7-8,10H2,1-3H3,(H,16,20)/t13-/m1/s1. The number of nitrogens with one attached hydrogen (secondary N) is 2. The summed E-state index contributed by atoms with van der Waals surface area (Å²) in [6.07, 6.45) is 4.86. The summed E-state index contributed by atoms with van der Waals surface area (Å²) in [6.45, 7) is 6.33. The Morgan fingerprint density at radius 3 is 2.71 bits per heavy atom. The highest BCUT2D eigenvalue weighted by molar-refractivity contribution is 7.13. The summed E-state index contributed by atoms with van der Waals surface area (Å²) < 4.78 is 0. The van der Waals surface area contributed by atoms with Crippen molar-refractivity contribution < 1.29 is 4.79 Å². The SMILES string of the molecule is CNC(=O)[C@@H](CC(C)C)NC1CCN(c2nccs2)CC1. The predicted molar refractivity (Wildman–Crippen MR) is 87.8 cm³/mol. The van der Waals surface area contributed by atoms with Crippen molar-refractivity contribution in [1.29, 1.82) is 0 Å². The third kappa shape index (κ3) is 4.68. The zero-order chi connectivity index (χ0) is 15.2. The van der Waals surface area contributed by atoms with Gasteiger partial charge in [0.2, 0.25) is 5.91 Å². The average Bonchev–Trinajstić information content (AvgIpc) is 3.00. The van der Waals surface area contributed by atoms with Crippen molar-refractivity contribution in [2.75, 3.05) is 25.0 Å². The summed E-state index contributed by atoms with van der Waals surface area (Å²) >= 11 is 1.69. The van der Waals surface area contributed by atoms with Crippen molar-refractivity contribution >= 4 is 22.4 Å². The number of aromatic nitrogens is 1. The van der Waals surface area contributed by atoms with E-state index in [1.807, 2.05) is 11.6 Å². The fourth-order valence-corrected chi connectivity index (χ4v) is 3.49. The molecule has 1 aliphatic rings. The molecule has 2 heterocycles. The largest absolute Gasteiger partial charge is 0.358 e. The lowest BCUT2D eigenvalue weighted by Crippen LogP contribution is -2.51. The van der Waals surface area contributed by atoms with E-state index in [1.54, 1.807) is 18.4 Å². The normalized spacial score (nSPS) is 18.0. The fourth-order valence-electron chi connectivity index (χ4n) is 2.79. The maximum atomic E-state index is 12.0. The number of carbonyl (C=O) groups is 1. The van der Waals surface area contributed by atoms with E-state index in [0.29, 0.717) is 12.0 Å². The Bertz CT molecular complexity index is 427. The Morgan fingerprint density at radius 1 is 1.48 bits per heavy atom. The number of likely N-dealkylation sites (N-methyl/N-ethyl adjacent to an activating group) is 1. The van der Waals surface area contributed by atoms with E-state index in [-0.39, 0.29) is 11.9 Å². The molecule has 1 aromatic rings. The van der Waals surface area contributed by atoms with Crippen molar-refractivity contribution in [1.82, 2.24) is 15.6 Å². The van der Waals surface area contributed by atoms with Crippen LogP contribution in [0.15, 0.2) is 11.6 Å². The third-order valence-corrected chi connectivity index (χ3v) is 4.72. The van der Waals surface area contributed by atoms with E-state index in [2.05, 4.69) is 34.4 Å². The Balaban J connectivity index is 1.84. The molecule has 6 heteroatoms. The molecule has 1 amide bonds. The molecule has 1 fully saturated rings. The molecule has 0 saturated carbocycles. The van der Waals surface area contributed by atoms with Crippen LogP contribution in [0.4, 0.5) is 5.13 Å². The molecule has 0 radical (unpaired) electrons. The number of hydrogen-bond acceptors (Lipinski definition) is 5. The summed E-state index contributed by atoms with van der Waals surface area (Å²) in [4.78, 5) is 18.7. The minimum Gasteiger partial charge on any atom is -0.358 e. The molecule has 5 nitrogen and oxygen atoms in total. The molecule has 1 saturated heterocycles. The Morgan fingerprint density at radius 2 is 2.19 bits per heavy atom. The molecular formula is C15H26N4OS. The summed E-state index contributed by atoms with van der Waals surface area (Å²) in [5, 5.41) is 9.45. The number of amides is 1. The molecule has 0 unspecified atom stereocenters. The zero-order valence-electron chi connectivity index (χ0n) is 13.1. The van der Waals surface area contributed by atoms with Crippen LogP contribution in [0.5, 0.6) is 0 Å². The van der Waals surface area contributed by atoms with Gasteiger partial charge in [-0.3, -0.25) is 4.79 Å². The number of piperidine rings is 1. The Hall–Kier alpha value is -1.14. The van der Waals surface area contributed by atoms with E-state index in [9.17, 15) is 4.79 Å². The highest BCUT2D eigenvalue weighted by Gasteiger charge is 2.26. The third-order valence-electron chi connectivity index (χ3n) is 3.89. The first kappa shape index (κ1) is 16.2. The molecule has 0 aliphatic carbocycles. The molecule has 2 rings (SSSR count). The minimum atomic E-state index is -0.0774. The van der Waals surface area contributed by atoms with Crippen molar-refractivity contribution in [2.45, 2.75) is 45.2 Å². The number of nitrogens with zero attached hydrogens (tertiary/aromatic N) is 2. The number of anilines is 1. The highest BCUT2D eigenvalue weighted by atomic mass is 32.1. The second-order valence-corrected chi connectivity index (χ2v) is 6.91. The van der Waals surface area contributed by atoms with Gasteiger partial charge in [-0.1, -0.05) is 13.8 Å². The topological polar surface area (TPSA) is 57.3 Å². The number of carbonyl (C=O) groups excluding carboxylic acids is 1. The van der Waals surface area contributed by atoms with Gasteiger partial charge in [0.15, 0.2) is 5.13 Å². The smallest absolute Gasteiger partial charge is 0.236 e. The van der Waals surface area contributed by atoms with E-state index >= 15 is 0 Å². The summed E-state index contributed by atoms with van der Waals surface area (Å²) in [5.41, 5.74) is 0. The maximum absolute atomic E-state index is 12.0. The molecule has 21 heavy (non-hydrogen) atoms. The quantitative estimate of drug-likeness (QED) is 0.842. The lowest BCUT2D eigenvalue weighted by Gasteiger charge is -2.34. The second-order valence-electron chi connectivity index (χ2n) is 6.04. The summed E-state index contributed by atoms with van der Waals surface area (Å²) in [7, 11) is 1.71. The number of hydrogen-bond donors (Lipinski definition) is 2. The Labute approximate surface area is 131 Å². The zero-order valence-corrected chi connectivity index (χ0v) is 13.9. The molecule has 118 valence electrons. The van der Waals surface area contributed by atoms with Crippen LogP contribution in [0.3, 0.4) is 0 Å². The van der Waals surface area contributed by atoms with Crippen LogP contribution in [0.25, 0.3) is 0 Å². The summed E-state index contributed by atoms with van der Waals surface area (Å²) in [6, 6.07) is 0.341. The second kappa shape index (κ2) is 7.75. The van der Waals surface area contributed by atoms with Gasteiger partial charge in [-0.25, -0.2) is 4.98 Å². The van der Waals surface area contributed by atoms with E-state index in [1.165, 1.54) is 0 Å². The first-order valence-electron chi connectivity index (χ1n) is 7.72. The van der Waals surface area contributed by atoms with Gasteiger partial charge in [-0.2, -0.15) is 0 Å². The van der Waals surface area contributed by atoms with E-state index in [4.69, 9.17) is 0 Å². The van der Waals surface area contributed by atoms with Crippen molar-refractivity contribution in [3.05, 3.63) is 11.6 Å². The van der Waals surface area contributed by atoms with Gasteiger partial charge < -0.3 is 15.5 Å². The van der Waals surface area contributed by atoms with Crippen LogP contribution in [0.1, 0.15) is 33.1 Å². The highest BCUT2D eigenvalue weighted by Crippen LogP contribution is 2.22. The van der Waals surface area contributed by atoms with E-state index in [0.717, 1.165) is 37.5 Å². The molecule has 0 spiro atoms. The van der Waals surface area contributed by atoms with Gasteiger partial charge >= 0.3 is 0 Å². The maximum Gasteiger partial charge on any atom is 0.236 e. The average molecular weight is 310 g/mol. The van der Waals surface area contributed by atoms with Crippen molar-refractivity contribution in [3.8, 4) is 0 Å². The molecule has 1 aromatic heterocycles. The van der Waals surface area contributed by atoms with Crippen LogP contribution in [-0.2, 0) is 4.79 Å². The van der Waals surface area contributed by atoms with Crippen LogP contribution in [0, 0.1) is 5.92 Å². The van der Waals surface area contributed by atoms with Crippen LogP contribution >= 0.6 is 11.3 Å². The van der Waals surface area contributed by atoms with Crippen LogP contribution < -0.4 is 15.5 Å². The lowest BCUT2D eigenvalue weighted by atomic mass is 9.99. The minimum absolute atomic E-state index is 0.0774. The lowest BCUT2D eigenvalue weighted by molar-refractivity contribution is -0.123. The first-order chi connectivity index (χ1) is 10.1.